The third-order valence-corrected chi connectivity index (χ3v) is 6.05. The molecule has 0 saturated heterocycles. The topological polar surface area (TPSA) is 81.8 Å². The van der Waals surface area contributed by atoms with Gasteiger partial charge in [0.25, 0.3) is 0 Å². The number of primary amides is 1. The first-order valence-electron chi connectivity index (χ1n) is 6.42. The van der Waals surface area contributed by atoms with Crippen molar-refractivity contribution in [2.24, 2.45) is 5.73 Å². The highest BCUT2D eigenvalue weighted by Gasteiger charge is 2.08. The average molecular weight is 348 g/mol. The Morgan fingerprint density at radius 3 is 2.73 bits per heavy atom. The minimum Gasteiger partial charge on any atom is -0.369 e. The molecule has 0 spiro atoms. The minimum atomic E-state index is -0.351. The number of nitrogens with zero attached hydrogens (tertiary/aromatic N) is 3. The first-order valence-corrected chi connectivity index (χ1v) is 9.21. The number of aromatic nitrogens is 3. The van der Waals surface area contributed by atoms with Gasteiger partial charge >= 0.3 is 0 Å². The number of pyridine rings is 1. The zero-order valence-corrected chi connectivity index (χ0v) is 13.9. The van der Waals surface area contributed by atoms with Crippen LogP contribution in [-0.2, 0) is 10.5 Å². The molecule has 0 aliphatic heterocycles. The minimum absolute atomic E-state index is 0.229. The van der Waals surface area contributed by atoms with Crippen LogP contribution >= 0.6 is 34.9 Å². The van der Waals surface area contributed by atoms with E-state index >= 15 is 0 Å². The van der Waals surface area contributed by atoms with Crippen molar-refractivity contribution >= 4 is 51.7 Å². The molecule has 0 radical (unpaired) electrons. The molecular formula is C14H12N4OS3. The lowest BCUT2D eigenvalue weighted by molar-refractivity contribution is -0.115. The Kier molecular flexibility index (Phi) is 4.91. The zero-order chi connectivity index (χ0) is 15.4. The van der Waals surface area contributed by atoms with Crippen LogP contribution in [0, 0.1) is 0 Å². The molecule has 5 nitrogen and oxygen atoms in total. The summed E-state index contributed by atoms with van der Waals surface area (Å²) in [6.07, 6.45) is 1.81. The van der Waals surface area contributed by atoms with Crippen LogP contribution in [0.5, 0.6) is 0 Å². The van der Waals surface area contributed by atoms with Crippen LogP contribution in [0.2, 0.25) is 0 Å². The number of nitrogens with two attached hydrogens (primary N) is 1. The van der Waals surface area contributed by atoms with Gasteiger partial charge in [-0.2, -0.15) is 0 Å². The fraction of sp³-hybridized carbons (Fsp3) is 0.143. The van der Waals surface area contributed by atoms with Crippen molar-refractivity contribution < 1.29 is 4.79 Å². The number of thioether (sulfide) groups is 2. The van der Waals surface area contributed by atoms with Crippen LogP contribution in [0.15, 0.2) is 45.2 Å². The average Bonchev–Trinajstić information content (AvgIpc) is 2.99. The number of para-hydroxylation sites is 1. The molecule has 2 N–H and O–H groups in total. The van der Waals surface area contributed by atoms with Gasteiger partial charge in [-0.25, -0.2) is 0 Å². The SMILES string of the molecule is NC(=O)CSc1nnc(SCc2cccc3cccnc23)s1. The summed E-state index contributed by atoms with van der Waals surface area (Å²) in [6, 6.07) is 10.2. The smallest absolute Gasteiger partial charge is 0.227 e. The van der Waals surface area contributed by atoms with Crippen molar-refractivity contribution in [3.63, 3.8) is 0 Å². The first kappa shape index (κ1) is 15.3. The van der Waals surface area contributed by atoms with Crippen molar-refractivity contribution in [3.05, 3.63) is 42.1 Å². The van der Waals surface area contributed by atoms with E-state index in [1.54, 1.807) is 18.0 Å². The highest BCUT2D eigenvalue weighted by molar-refractivity contribution is 8.03. The van der Waals surface area contributed by atoms with Gasteiger partial charge in [0.15, 0.2) is 8.68 Å². The number of hydrogen-bond acceptors (Lipinski definition) is 7. The molecule has 0 aliphatic carbocycles. The summed E-state index contributed by atoms with van der Waals surface area (Å²) < 4.78 is 1.64. The summed E-state index contributed by atoms with van der Waals surface area (Å²) in [5, 5.41) is 9.31. The summed E-state index contributed by atoms with van der Waals surface area (Å²) in [4.78, 5) is 15.2. The van der Waals surface area contributed by atoms with E-state index in [0.29, 0.717) is 0 Å². The summed E-state index contributed by atoms with van der Waals surface area (Å²) in [5.74, 6) is 0.659. The van der Waals surface area contributed by atoms with E-state index in [9.17, 15) is 4.79 Å². The number of carbonyl (C=O) groups is 1. The van der Waals surface area contributed by atoms with Crippen molar-refractivity contribution in [3.8, 4) is 0 Å². The molecule has 3 aromatic rings. The van der Waals surface area contributed by atoms with Crippen LogP contribution in [0.3, 0.4) is 0 Å². The van der Waals surface area contributed by atoms with Crippen molar-refractivity contribution in [1.82, 2.24) is 15.2 Å². The summed E-state index contributed by atoms with van der Waals surface area (Å²) in [7, 11) is 0. The molecule has 2 heterocycles. The van der Waals surface area contributed by atoms with Crippen LogP contribution in [0.1, 0.15) is 5.56 Å². The normalized spacial score (nSPS) is 10.9. The quantitative estimate of drug-likeness (QED) is 0.690. The summed E-state index contributed by atoms with van der Waals surface area (Å²) in [5.41, 5.74) is 7.31. The second-order valence-corrected chi connectivity index (χ2v) is 7.79. The van der Waals surface area contributed by atoms with Gasteiger partial charge in [-0.3, -0.25) is 9.78 Å². The maximum absolute atomic E-state index is 10.8. The number of hydrogen-bond donors (Lipinski definition) is 1. The highest BCUT2D eigenvalue weighted by Crippen LogP contribution is 2.31. The van der Waals surface area contributed by atoms with Crippen LogP contribution in [0.25, 0.3) is 10.9 Å². The van der Waals surface area contributed by atoms with Crippen molar-refractivity contribution in [2.75, 3.05) is 5.75 Å². The second-order valence-electron chi connectivity index (χ2n) is 4.37. The molecular weight excluding hydrogens is 336 g/mol. The van der Waals surface area contributed by atoms with E-state index in [4.69, 9.17) is 5.73 Å². The molecule has 2 aromatic heterocycles. The lowest BCUT2D eigenvalue weighted by Gasteiger charge is -2.03. The van der Waals surface area contributed by atoms with Gasteiger partial charge in [-0.05, 0) is 11.6 Å². The molecule has 22 heavy (non-hydrogen) atoms. The summed E-state index contributed by atoms with van der Waals surface area (Å²) in [6.45, 7) is 0. The van der Waals surface area contributed by atoms with Gasteiger partial charge in [0.05, 0.1) is 11.3 Å². The molecule has 112 valence electrons. The van der Waals surface area contributed by atoms with E-state index in [0.717, 1.165) is 25.3 Å². The van der Waals surface area contributed by atoms with E-state index < -0.39 is 0 Å². The molecule has 8 heteroatoms. The molecule has 1 aromatic carbocycles. The maximum atomic E-state index is 10.8. The fourth-order valence-electron chi connectivity index (χ4n) is 1.87. The van der Waals surface area contributed by atoms with E-state index in [1.807, 2.05) is 12.1 Å². The monoisotopic (exact) mass is 348 g/mol. The molecule has 0 aliphatic rings. The Balaban J connectivity index is 1.68. The van der Waals surface area contributed by atoms with Crippen LogP contribution in [-0.4, -0.2) is 26.8 Å². The third kappa shape index (κ3) is 3.76. The maximum Gasteiger partial charge on any atom is 0.227 e. The number of carbonyl (C=O) groups excluding carboxylic acids is 1. The first-order chi connectivity index (χ1) is 10.7. The largest absolute Gasteiger partial charge is 0.369 e. The van der Waals surface area contributed by atoms with Crippen molar-refractivity contribution in [1.29, 1.82) is 0 Å². The Morgan fingerprint density at radius 2 is 1.91 bits per heavy atom. The highest BCUT2D eigenvalue weighted by atomic mass is 32.2. The standard InChI is InChI=1S/C14H12N4OS3/c15-11(19)8-21-14-18-17-13(22-14)20-7-10-4-1-3-9-5-2-6-16-12(9)10/h1-6H,7-8H2,(H2,15,19). The number of rotatable bonds is 6. The zero-order valence-electron chi connectivity index (χ0n) is 11.4. The Hall–Kier alpha value is -1.64. The van der Waals surface area contributed by atoms with E-state index in [-0.39, 0.29) is 11.7 Å². The Bertz CT molecular complexity index is 800. The molecule has 0 bridgehead atoms. The van der Waals surface area contributed by atoms with Gasteiger partial charge in [0, 0.05) is 17.3 Å². The van der Waals surface area contributed by atoms with Gasteiger partial charge in [0.1, 0.15) is 0 Å². The van der Waals surface area contributed by atoms with Gasteiger partial charge in [0.2, 0.25) is 5.91 Å². The molecule has 0 unspecified atom stereocenters. The molecule has 0 fully saturated rings. The molecule has 0 atom stereocenters. The fourth-order valence-corrected chi connectivity index (χ4v) is 4.61. The predicted molar refractivity (Wildman–Crippen MR) is 91.1 cm³/mol. The third-order valence-electron chi connectivity index (χ3n) is 2.79. The number of fused-ring (bicyclic) bond motifs is 1. The predicted octanol–water partition coefficient (Wildman–Crippen LogP) is 2.96. The lowest BCUT2D eigenvalue weighted by Crippen LogP contribution is -2.12. The second kappa shape index (κ2) is 7.08. The Labute approximate surface area is 139 Å². The summed E-state index contributed by atoms with van der Waals surface area (Å²) >= 11 is 4.41. The van der Waals surface area contributed by atoms with Crippen LogP contribution < -0.4 is 5.73 Å². The molecule has 1 amide bonds. The molecule has 3 rings (SSSR count). The number of amides is 1. The van der Waals surface area contributed by atoms with E-state index in [1.165, 1.54) is 28.7 Å². The van der Waals surface area contributed by atoms with Gasteiger partial charge in [-0.1, -0.05) is 59.1 Å². The van der Waals surface area contributed by atoms with Crippen molar-refractivity contribution in [2.45, 2.75) is 14.4 Å². The van der Waals surface area contributed by atoms with E-state index in [2.05, 4.69) is 33.4 Å². The van der Waals surface area contributed by atoms with Gasteiger partial charge in [-0.15, -0.1) is 10.2 Å². The molecule has 0 saturated carbocycles. The van der Waals surface area contributed by atoms with Crippen LogP contribution in [0.4, 0.5) is 0 Å². The van der Waals surface area contributed by atoms with Gasteiger partial charge < -0.3 is 5.73 Å². The Morgan fingerprint density at radius 1 is 1.14 bits per heavy atom. The number of benzene rings is 1. The lowest BCUT2D eigenvalue weighted by atomic mass is 10.1.